The van der Waals surface area contributed by atoms with E-state index in [1.165, 1.54) is 54.7 Å². The molecule has 1 aliphatic rings. The van der Waals surface area contributed by atoms with Crippen molar-refractivity contribution < 1.29 is 0 Å². The maximum Gasteiger partial charge on any atom is 0.0758 e. The molecular weight excluding hydrogens is 585 g/mol. The molecule has 0 fully saturated rings. The monoisotopic (exact) mass is 616 g/mol. The summed E-state index contributed by atoms with van der Waals surface area (Å²) in [6, 6.07) is 61.5. The minimum absolute atomic E-state index is 0.0655. The molecule has 0 bridgehead atoms. The summed E-state index contributed by atoms with van der Waals surface area (Å²) in [6.45, 7) is 0. The number of rotatable bonds is 4. The lowest BCUT2D eigenvalue weighted by molar-refractivity contribution is 0.636. The van der Waals surface area contributed by atoms with E-state index in [1.807, 2.05) is 0 Å². The summed E-state index contributed by atoms with van der Waals surface area (Å²) >= 11 is 0. The molecule has 2 N–H and O–H groups in total. The van der Waals surface area contributed by atoms with Gasteiger partial charge in [-0.25, -0.2) is 0 Å². The Kier molecular flexibility index (Phi) is 5.97. The Hall–Kier alpha value is -6.26. The highest BCUT2D eigenvalue weighted by Crippen LogP contribution is 2.43. The van der Waals surface area contributed by atoms with Gasteiger partial charge in [0.1, 0.15) is 0 Å². The van der Waals surface area contributed by atoms with Crippen molar-refractivity contribution in [1.29, 1.82) is 0 Å². The number of para-hydroxylation sites is 5. The van der Waals surface area contributed by atoms with Crippen molar-refractivity contribution in [3.05, 3.63) is 181 Å². The van der Waals surface area contributed by atoms with Gasteiger partial charge in [-0.2, -0.15) is 0 Å². The Morgan fingerprint density at radius 3 is 1.33 bits per heavy atom. The number of hydrogen-bond donors (Lipinski definition) is 2. The third kappa shape index (κ3) is 4.09. The van der Waals surface area contributed by atoms with Gasteiger partial charge < -0.3 is 19.8 Å². The highest BCUT2D eigenvalue weighted by atomic mass is 15.1. The molecule has 1 aliphatic heterocycles. The highest BCUT2D eigenvalue weighted by Gasteiger charge is 2.30. The van der Waals surface area contributed by atoms with E-state index in [9.17, 15) is 0 Å². The molecular formula is C44H32N4. The second kappa shape index (κ2) is 10.6. The van der Waals surface area contributed by atoms with Gasteiger partial charge in [0.15, 0.2) is 0 Å². The molecule has 3 heterocycles. The first-order chi connectivity index (χ1) is 23.8. The van der Waals surface area contributed by atoms with E-state index in [4.69, 9.17) is 0 Å². The van der Waals surface area contributed by atoms with Crippen molar-refractivity contribution in [3.63, 3.8) is 0 Å². The zero-order chi connectivity index (χ0) is 31.6. The molecule has 10 rings (SSSR count). The van der Waals surface area contributed by atoms with Gasteiger partial charge in [-0.1, -0.05) is 109 Å². The van der Waals surface area contributed by atoms with Crippen molar-refractivity contribution in [1.82, 2.24) is 9.13 Å². The van der Waals surface area contributed by atoms with Crippen molar-refractivity contribution in [2.45, 2.75) is 12.1 Å². The minimum atomic E-state index is 0.0655. The minimum Gasteiger partial charge on any atom is -0.374 e. The van der Waals surface area contributed by atoms with Gasteiger partial charge in [0.25, 0.3) is 0 Å². The molecule has 7 aromatic carbocycles. The van der Waals surface area contributed by atoms with E-state index in [0.29, 0.717) is 0 Å². The first kappa shape index (κ1) is 26.9. The van der Waals surface area contributed by atoms with Crippen molar-refractivity contribution in [2.75, 3.05) is 10.6 Å². The Balaban J connectivity index is 1.16. The summed E-state index contributed by atoms with van der Waals surface area (Å²) in [5.74, 6) is 0. The average molecular weight is 617 g/mol. The number of benzene rings is 7. The van der Waals surface area contributed by atoms with Crippen molar-refractivity contribution in [2.24, 2.45) is 0 Å². The maximum absolute atomic E-state index is 3.86. The molecule has 0 spiro atoms. The third-order valence-electron chi connectivity index (χ3n) is 10.0. The molecule has 4 nitrogen and oxygen atoms in total. The second-order valence-corrected chi connectivity index (χ2v) is 12.7. The Morgan fingerprint density at radius 2 is 0.771 bits per heavy atom. The van der Waals surface area contributed by atoms with Crippen LogP contribution in [0, 0.1) is 0 Å². The molecule has 2 atom stereocenters. The van der Waals surface area contributed by atoms with Crippen LogP contribution in [0.15, 0.2) is 170 Å². The lowest BCUT2D eigenvalue weighted by Gasteiger charge is -2.37. The van der Waals surface area contributed by atoms with Crippen LogP contribution in [0.1, 0.15) is 23.2 Å². The largest absolute Gasteiger partial charge is 0.374 e. The topological polar surface area (TPSA) is 33.9 Å². The number of nitrogens with one attached hydrogen (secondary N) is 2. The smallest absolute Gasteiger partial charge is 0.0758 e. The van der Waals surface area contributed by atoms with Gasteiger partial charge in [-0.3, -0.25) is 0 Å². The molecule has 4 heteroatoms. The van der Waals surface area contributed by atoms with Gasteiger partial charge in [0, 0.05) is 32.9 Å². The van der Waals surface area contributed by atoms with Gasteiger partial charge in [-0.05, 0) is 71.8 Å². The number of aromatic nitrogens is 2. The fourth-order valence-electron chi connectivity index (χ4n) is 7.84. The van der Waals surface area contributed by atoms with Crippen LogP contribution in [0.4, 0.5) is 11.4 Å². The quantitative estimate of drug-likeness (QED) is 0.206. The molecule has 9 aromatic rings. The van der Waals surface area contributed by atoms with E-state index in [-0.39, 0.29) is 12.1 Å². The van der Waals surface area contributed by atoms with E-state index >= 15 is 0 Å². The fraction of sp³-hybridized carbons (Fsp3) is 0.0455. The van der Waals surface area contributed by atoms with E-state index in [0.717, 1.165) is 22.7 Å². The number of fused-ring (bicyclic) bond motifs is 7. The zero-order valence-electron chi connectivity index (χ0n) is 26.2. The molecule has 48 heavy (non-hydrogen) atoms. The highest BCUT2D eigenvalue weighted by molar-refractivity contribution is 6.19. The van der Waals surface area contributed by atoms with Gasteiger partial charge in [0.2, 0.25) is 0 Å². The van der Waals surface area contributed by atoms with Crippen LogP contribution >= 0.6 is 0 Å². The fourth-order valence-corrected chi connectivity index (χ4v) is 7.84. The predicted molar refractivity (Wildman–Crippen MR) is 201 cm³/mol. The summed E-state index contributed by atoms with van der Waals surface area (Å²) in [4.78, 5) is 0. The van der Waals surface area contributed by atoms with Crippen molar-refractivity contribution >= 4 is 55.0 Å². The Labute approximate surface area is 278 Å². The van der Waals surface area contributed by atoms with Gasteiger partial charge in [-0.15, -0.1) is 0 Å². The van der Waals surface area contributed by atoms with E-state index in [1.54, 1.807) is 0 Å². The van der Waals surface area contributed by atoms with Crippen molar-refractivity contribution in [3.8, 4) is 11.4 Å². The normalized spacial score (nSPS) is 15.8. The molecule has 0 radical (unpaired) electrons. The molecule has 0 amide bonds. The average Bonchev–Trinajstić information content (AvgIpc) is 3.66. The van der Waals surface area contributed by atoms with E-state index in [2.05, 4.69) is 190 Å². The van der Waals surface area contributed by atoms with Crippen LogP contribution in [0.3, 0.4) is 0 Å². The first-order valence-corrected chi connectivity index (χ1v) is 16.6. The van der Waals surface area contributed by atoms with E-state index < -0.39 is 0 Å². The second-order valence-electron chi connectivity index (χ2n) is 12.7. The van der Waals surface area contributed by atoms with Crippen LogP contribution in [0.5, 0.6) is 0 Å². The van der Waals surface area contributed by atoms with Crippen LogP contribution in [0.25, 0.3) is 55.0 Å². The molecule has 228 valence electrons. The van der Waals surface area contributed by atoms with Gasteiger partial charge in [0.05, 0.1) is 45.5 Å². The molecule has 2 unspecified atom stereocenters. The molecule has 0 saturated carbocycles. The summed E-state index contributed by atoms with van der Waals surface area (Å²) in [5.41, 5.74) is 11.9. The maximum atomic E-state index is 3.86. The van der Waals surface area contributed by atoms with Crippen LogP contribution in [0.2, 0.25) is 0 Å². The standard InChI is InChI=1S/C44H32N4/c1-3-13-29(14-4-1)43-44(46-38-20-10-9-19-37(38)45-43)30-23-25-32(26-24-30)48-40-22-12-8-18-34(40)36-27-35-33-17-7-11-21-39(33)47(41(35)28-42(36)48)31-15-5-2-6-16-31/h1-28,43-46H. The third-order valence-corrected chi connectivity index (χ3v) is 10.0. The molecule has 0 saturated heterocycles. The van der Waals surface area contributed by atoms with Crippen LogP contribution < -0.4 is 10.6 Å². The summed E-state index contributed by atoms with van der Waals surface area (Å²) in [6.07, 6.45) is 0. The SMILES string of the molecule is c1ccc(C2Nc3ccccc3NC2c2ccc(-n3c4ccccc4c4cc5c6ccccc6n(-c6ccccc6)c5cc43)cc2)cc1. The number of anilines is 2. The molecule has 0 aliphatic carbocycles. The summed E-state index contributed by atoms with van der Waals surface area (Å²) in [7, 11) is 0. The van der Waals surface area contributed by atoms with Crippen LogP contribution in [-0.2, 0) is 0 Å². The Bertz CT molecular complexity index is 2610. The van der Waals surface area contributed by atoms with Crippen LogP contribution in [-0.4, -0.2) is 9.13 Å². The van der Waals surface area contributed by atoms with Gasteiger partial charge >= 0.3 is 0 Å². The first-order valence-electron chi connectivity index (χ1n) is 16.6. The number of hydrogen-bond acceptors (Lipinski definition) is 2. The summed E-state index contributed by atoms with van der Waals surface area (Å²) < 4.78 is 4.83. The predicted octanol–water partition coefficient (Wildman–Crippen LogP) is 11.2. The molecule has 2 aromatic heterocycles. The lowest BCUT2D eigenvalue weighted by atomic mass is 9.90. The lowest BCUT2D eigenvalue weighted by Crippen LogP contribution is -2.30. The zero-order valence-corrected chi connectivity index (χ0v) is 26.2. The Morgan fingerprint density at radius 1 is 0.333 bits per heavy atom. The number of nitrogens with zero attached hydrogens (tertiary/aromatic N) is 2. The summed E-state index contributed by atoms with van der Waals surface area (Å²) in [5, 5.41) is 12.7.